The van der Waals surface area contributed by atoms with E-state index in [2.05, 4.69) is 19.2 Å². The van der Waals surface area contributed by atoms with Gasteiger partial charge in [0.1, 0.15) is 0 Å². The Balaban J connectivity index is 0.00000200. The van der Waals surface area contributed by atoms with E-state index in [9.17, 15) is 4.79 Å². The lowest BCUT2D eigenvalue weighted by molar-refractivity contribution is -0.144. The van der Waals surface area contributed by atoms with Gasteiger partial charge in [0.15, 0.2) is 0 Å². The van der Waals surface area contributed by atoms with Crippen molar-refractivity contribution in [3.05, 3.63) is 0 Å². The number of rotatable bonds is 4. The molecular weight excluding hydrogens is 276 g/mol. The van der Waals surface area contributed by atoms with Crippen molar-refractivity contribution in [2.75, 3.05) is 26.2 Å². The first-order chi connectivity index (χ1) is 9.19. The average molecular weight is 305 g/mol. The molecule has 2 aliphatic heterocycles. The van der Waals surface area contributed by atoms with Crippen molar-refractivity contribution in [3.8, 4) is 0 Å². The predicted molar refractivity (Wildman–Crippen MR) is 83.3 cm³/mol. The van der Waals surface area contributed by atoms with Crippen molar-refractivity contribution in [1.29, 1.82) is 0 Å². The topological polar surface area (TPSA) is 41.6 Å². The monoisotopic (exact) mass is 304 g/mol. The van der Waals surface area contributed by atoms with E-state index in [-0.39, 0.29) is 24.6 Å². The van der Waals surface area contributed by atoms with Gasteiger partial charge in [-0.25, -0.2) is 0 Å². The highest BCUT2D eigenvalue weighted by atomic mass is 35.5. The van der Waals surface area contributed by atoms with Crippen molar-refractivity contribution in [3.63, 3.8) is 0 Å². The van der Waals surface area contributed by atoms with Crippen LogP contribution in [0.25, 0.3) is 0 Å². The number of morpholine rings is 1. The lowest BCUT2D eigenvalue weighted by Crippen LogP contribution is -2.49. The standard InChI is InChI=1S/C15H28N2O2.ClH/c1-3-14-11-17(10-12(2)19-14)15(18)5-4-13-6-8-16-9-7-13;/h12-14,16H,3-11H2,1-2H3;1H. The Hall–Kier alpha value is -0.320. The van der Waals surface area contributed by atoms with Crippen LogP contribution in [-0.2, 0) is 9.53 Å². The van der Waals surface area contributed by atoms with E-state index in [1.807, 2.05) is 4.90 Å². The van der Waals surface area contributed by atoms with E-state index in [1.165, 1.54) is 12.8 Å². The average Bonchev–Trinajstić information content (AvgIpc) is 2.45. The van der Waals surface area contributed by atoms with Crippen LogP contribution < -0.4 is 5.32 Å². The van der Waals surface area contributed by atoms with E-state index in [4.69, 9.17) is 4.74 Å². The summed E-state index contributed by atoms with van der Waals surface area (Å²) in [6.45, 7) is 7.97. The second-order valence-electron chi connectivity index (χ2n) is 6.01. The number of halogens is 1. The molecular formula is C15H29ClN2O2. The third-order valence-electron chi connectivity index (χ3n) is 4.36. The Morgan fingerprint density at radius 1 is 1.30 bits per heavy atom. The molecule has 5 heteroatoms. The van der Waals surface area contributed by atoms with Gasteiger partial charge in [-0.2, -0.15) is 0 Å². The molecule has 118 valence electrons. The fourth-order valence-electron chi connectivity index (χ4n) is 3.13. The quantitative estimate of drug-likeness (QED) is 0.866. The van der Waals surface area contributed by atoms with Gasteiger partial charge < -0.3 is 15.0 Å². The highest BCUT2D eigenvalue weighted by molar-refractivity contribution is 5.85. The number of hydrogen-bond donors (Lipinski definition) is 1. The van der Waals surface area contributed by atoms with Crippen molar-refractivity contribution >= 4 is 18.3 Å². The number of piperidine rings is 1. The first-order valence-corrected chi connectivity index (χ1v) is 7.83. The van der Waals surface area contributed by atoms with Crippen LogP contribution in [0.4, 0.5) is 0 Å². The van der Waals surface area contributed by atoms with Gasteiger partial charge in [0, 0.05) is 19.5 Å². The lowest BCUT2D eigenvalue weighted by atomic mass is 9.93. The van der Waals surface area contributed by atoms with Crippen molar-refractivity contribution in [2.45, 2.75) is 58.2 Å². The zero-order chi connectivity index (χ0) is 13.7. The molecule has 2 unspecified atom stereocenters. The zero-order valence-corrected chi connectivity index (χ0v) is 13.6. The molecule has 4 nitrogen and oxygen atoms in total. The molecule has 0 saturated carbocycles. The lowest BCUT2D eigenvalue weighted by Gasteiger charge is -2.37. The van der Waals surface area contributed by atoms with Crippen molar-refractivity contribution in [2.24, 2.45) is 5.92 Å². The smallest absolute Gasteiger partial charge is 0.222 e. The van der Waals surface area contributed by atoms with E-state index in [1.54, 1.807) is 0 Å². The summed E-state index contributed by atoms with van der Waals surface area (Å²) in [5.41, 5.74) is 0. The maximum Gasteiger partial charge on any atom is 0.222 e. The molecule has 0 aromatic rings. The molecule has 0 aliphatic carbocycles. The summed E-state index contributed by atoms with van der Waals surface area (Å²) < 4.78 is 5.81. The number of amides is 1. The number of carbonyl (C=O) groups is 1. The number of carbonyl (C=O) groups excluding carboxylic acids is 1. The molecule has 20 heavy (non-hydrogen) atoms. The maximum atomic E-state index is 12.3. The summed E-state index contributed by atoms with van der Waals surface area (Å²) in [5.74, 6) is 1.07. The molecule has 2 saturated heterocycles. The number of nitrogens with one attached hydrogen (secondary N) is 1. The SMILES string of the molecule is CCC1CN(C(=O)CCC2CCNCC2)CC(C)O1.Cl. The number of hydrogen-bond acceptors (Lipinski definition) is 3. The summed E-state index contributed by atoms with van der Waals surface area (Å²) >= 11 is 0. The molecule has 0 bridgehead atoms. The minimum atomic E-state index is 0. The normalized spacial score (nSPS) is 28.0. The molecule has 1 amide bonds. The zero-order valence-electron chi connectivity index (χ0n) is 12.8. The Kier molecular flexibility index (Phi) is 7.85. The van der Waals surface area contributed by atoms with Gasteiger partial charge in [-0.1, -0.05) is 6.92 Å². The number of nitrogens with zero attached hydrogens (tertiary/aromatic N) is 1. The highest BCUT2D eigenvalue weighted by Gasteiger charge is 2.27. The van der Waals surface area contributed by atoms with Gasteiger partial charge in [-0.05, 0) is 51.6 Å². The molecule has 0 radical (unpaired) electrons. The van der Waals surface area contributed by atoms with Crippen LogP contribution in [0.3, 0.4) is 0 Å². The first kappa shape index (κ1) is 17.7. The fraction of sp³-hybridized carbons (Fsp3) is 0.933. The molecule has 2 rings (SSSR count). The van der Waals surface area contributed by atoms with Crippen LogP contribution in [0, 0.1) is 5.92 Å². The second kappa shape index (κ2) is 8.85. The predicted octanol–water partition coefficient (Wildman–Crippen LogP) is 2.21. The minimum absolute atomic E-state index is 0. The van der Waals surface area contributed by atoms with Gasteiger partial charge in [0.05, 0.1) is 12.2 Å². The molecule has 2 atom stereocenters. The molecule has 2 fully saturated rings. The second-order valence-corrected chi connectivity index (χ2v) is 6.01. The summed E-state index contributed by atoms with van der Waals surface area (Å²) in [6.07, 6.45) is 5.63. The van der Waals surface area contributed by atoms with E-state index in [0.717, 1.165) is 44.9 Å². The van der Waals surface area contributed by atoms with Crippen LogP contribution in [0.5, 0.6) is 0 Å². The van der Waals surface area contributed by atoms with Gasteiger partial charge in [0.2, 0.25) is 5.91 Å². The van der Waals surface area contributed by atoms with E-state index < -0.39 is 0 Å². The highest BCUT2D eigenvalue weighted by Crippen LogP contribution is 2.20. The Labute approximate surface area is 129 Å². The van der Waals surface area contributed by atoms with Crippen LogP contribution in [0.1, 0.15) is 46.0 Å². The summed E-state index contributed by atoms with van der Waals surface area (Å²) in [6, 6.07) is 0. The number of ether oxygens (including phenoxy) is 1. The first-order valence-electron chi connectivity index (χ1n) is 7.83. The van der Waals surface area contributed by atoms with Gasteiger partial charge >= 0.3 is 0 Å². The summed E-state index contributed by atoms with van der Waals surface area (Å²) in [5, 5.41) is 3.37. The van der Waals surface area contributed by atoms with Crippen molar-refractivity contribution < 1.29 is 9.53 Å². The van der Waals surface area contributed by atoms with Gasteiger partial charge in [-0.15, -0.1) is 12.4 Å². The van der Waals surface area contributed by atoms with Crippen LogP contribution >= 0.6 is 12.4 Å². The van der Waals surface area contributed by atoms with Crippen molar-refractivity contribution in [1.82, 2.24) is 10.2 Å². The molecule has 1 N–H and O–H groups in total. The summed E-state index contributed by atoms with van der Waals surface area (Å²) in [7, 11) is 0. The Morgan fingerprint density at radius 2 is 2.00 bits per heavy atom. The van der Waals surface area contributed by atoms with Gasteiger partial charge in [0.25, 0.3) is 0 Å². The van der Waals surface area contributed by atoms with Crippen LogP contribution in [0.2, 0.25) is 0 Å². The summed E-state index contributed by atoms with van der Waals surface area (Å²) in [4.78, 5) is 14.3. The fourth-order valence-corrected chi connectivity index (χ4v) is 3.13. The molecule has 0 aromatic carbocycles. The van der Waals surface area contributed by atoms with E-state index >= 15 is 0 Å². The maximum absolute atomic E-state index is 12.3. The van der Waals surface area contributed by atoms with Crippen LogP contribution in [0.15, 0.2) is 0 Å². The molecule has 0 spiro atoms. The third-order valence-corrected chi connectivity index (χ3v) is 4.36. The minimum Gasteiger partial charge on any atom is -0.372 e. The van der Waals surface area contributed by atoms with Crippen LogP contribution in [-0.4, -0.2) is 49.2 Å². The molecule has 2 aliphatic rings. The third kappa shape index (κ3) is 5.23. The Morgan fingerprint density at radius 3 is 2.65 bits per heavy atom. The van der Waals surface area contributed by atoms with E-state index in [0.29, 0.717) is 12.3 Å². The Bertz CT molecular complexity index is 296. The van der Waals surface area contributed by atoms with Gasteiger partial charge in [-0.3, -0.25) is 4.79 Å². The molecule has 0 aromatic heterocycles. The molecule has 2 heterocycles. The largest absolute Gasteiger partial charge is 0.372 e.